The third kappa shape index (κ3) is 51.7. The molecule has 158 valence electrons. The molecule has 0 aliphatic carbocycles. The van der Waals surface area contributed by atoms with E-state index in [0.29, 0.717) is 6.61 Å². The summed E-state index contributed by atoms with van der Waals surface area (Å²) in [6, 6.07) is 0. The van der Waals surface area contributed by atoms with Gasteiger partial charge in [0.2, 0.25) is 0 Å². The number of rotatable bonds is 9. The lowest BCUT2D eigenvalue weighted by atomic mass is 10.4. The molecule has 0 saturated heterocycles. The Labute approximate surface area is 160 Å². The summed E-state index contributed by atoms with van der Waals surface area (Å²) in [6.45, 7) is 13.2. The molecule has 9 heteroatoms. The highest BCUT2D eigenvalue weighted by Crippen LogP contribution is 1.88. The highest BCUT2D eigenvalue weighted by molar-refractivity contribution is 5.81. The largest absolute Gasteiger partial charge is 0.478 e. The predicted molar refractivity (Wildman–Crippen MR) is 101 cm³/mol. The van der Waals surface area contributed by atoms with Gasteiger partial charge in [-0.1, -0.05) is 33.1 Å². The van der Waals surface area contributed by atoms with Crippen LogP contribution in [0.5, 0.6) is 0 Å². The van der Waals surface area contributed by atoms with E-state index in [2.05, 4.69) is 29.2 Å². The molecule has 4 N–H and O–H groups in total. The van der Waals surface area contributed by atoms with Crippen molar-refractivity contribution in [1.29, 1.82) is 0 Å². The van der Waals surface area contributed by atoms with Crippen molar-refractivity contribution in [3.05, 3.63) is 38.0 Å². The fraction of sp³-hybridized carbons (Fsp3) is 0.500. The number of aliphatic carboxylic acids is 1. The summed E-state index contributed by atoms with van der Waals surface area (Å²) in [7, 11) is 0. The Morgan fingerprint density at radius 3 is 1.56 bits per heavy atom. The van der Waals surface area contributed by atoms with Gasteiger partial charge in [-0.05, 0) is 13.3 Å². The van der Waals surface area contributed by atoms with Gasteiger partial charge in [-0.15, -0.1) is 0 Å². The van der Waals surface area contributed by atoms with Gasteiger partial charge in [0.05, 0.1) is 25.9 Å². The molecule has 0 aliphatic heterocycles. The molecule has 1 atom stereocenters. The molecular weight excluding hydrogens is 360 g/mol. The summed E-state index contributed by atoms with van der Waals surface area (Å²) in [5, 5.41) is 31.7. The molecule has 0 bridgehead atoms. The number of hydrogen-bond acceptors (Lipinski definition) is 8. The Bertz CT molecular complexity index is 404. The third-order valence-corrected chi connectivity index (χ3v) is 1.85. The maximum Gasteiger partial charge on any atom is 0.330 e. The molecule has 9 nitrogen and oxygen atoms in total. The normalized spacial score (nSPS) is 9.22. The second-order valence-corrected chi connectivity index (χ2v) is 4.39. The van der Waals surface area contributed by atoms with Gasteiger partial charge in [0.25, 0.3) is 0 Å². The van der Waals surface area contributed by atoms with E-state index in [1.54, 1.807) is 0 Å². The van der Waals surface area contributed by atoms with Crippen molar-refractivity contribution < 1.29 is 44.3 Å². The van der Waals surface area contributed by atoms with Gasteiger partial charge in [-0.25, -0.2) is 14.4 Å². The first kappa shape index (κ1) is 32.2. The van der Waals surface area contributed by atoms with E-state index in [-0.39, 0.29) is 25.8 Å². The zero-order chi connectivity index (χ0) is 22.1. The van der Waals surface area contributed by atoms with E-state index in [9.17, 15) is 14.4 Å². The lowest BCUT2D eigenvalue weighted by Gasteiger charge is -1.97. The van der Waals surface area contributed by atoms with Crippen molar-refractivity contribution >= 4 is 17.9 Å². The lowest BCUT2D eigenvalue weighted by Crippen LogP contribution is -2.04. The maximum atomic E-state index is 10.3. The number of carbonyl (C=O) groups excluding carboxylic acids is 2. The second-order valence-electron chi connectivity index (χ2n) is 4.39. The molecule has 0 spiro atoms. The molecule has 0 aromatic rings. The standard InChI is InChI=1S/C7H12O2.C5H8O3.C3H8O2.C3H4O2/c1-3-5-6-9-7(8)4-2;1-2-5(7)8-4-3-6;1-3(5)2-4;1-2-3(4)5/h4H,2-3,5-6H2,1H3;2,6H,1,3-4H2;3-5H,2H2,1H3;2H,1H2,(H,4,5). The van der Waals surface area contributed by atoms with Gasteiger partial charge in [0.15, 0.2) is 0 Å². The van der Waals surface area contributed by atoms with Crippen molar-refractivity contribution in [2.24, 2.45) is 0 Å². The van der Waals surface area contributed by atoms with E-state index in [4.69, 9.17) is 20.4 Å². The second kappa shape index (κ2) is 28.3. The summed E-state index contributed by atoms with van der Waals surface area (Å²) in [5.41, 5.74) is 0. The van der Waals surface area contributed by atoms with Crippen LogP contribution in [0.3, 0.4) is 0 Å². The first-order chi connectivity index (χ1) is 12.7. The van der Waals surface area contributed by atoms with E-state index < -0.39 is 18.0 Å². The Balaban J connectivity index is -0.000000135. The van der Waals surface area contributed by atoms with Gasteiger partial charge >= 0.3 is 17.9 Å². The predicted octanol–water partition coefficient (Wildman–Crippen LogP) is 0.840. The Kier molecular flexibility index (Phi) is 33.8. The summed E-state index contributed by atoms with van der Waals surface area (Å²) >= 11 is 0. The van der Waals surface area contributed by atoms with Crippen LogP contribution >= 0.6 is 0 Å². The smallest absolute Gasteiger partial charge is 0.330 e. The topological polar surface area (TPSA) is 151 Å². The number of aliphatic hydroxyl groups is 3. The van der Waals surface area contributed by atoms with Crippen LogP contribution in [0.4, 0.5) is 0 Å². The molecule has 0 aliphatic rings. The number of unbranched alkanes of at least 4 members (excludes halogenated alkanes) is 1. The molecule has 0 fully saturated rings. The number of carbonyl (C=O) groups is 3. The van der Waals surface area contributed by atoms with Crippen LogP contribution < -0.4 is 0 Å². The van der Waals surface area contributed by atoms with Crippen molar-refractivity contribution in [2.45, 2.75) is 32.8 Å². The van der Waals surface area contributed by atoms with Gasteiger partial charge in [-0.3, -0.25) is 0 Å². The summed E-state index contributed by atoms with van der Waals surface area (Å²) in [4.78, 5) is 29.7. The number of carboxylic acid groups (broad SMARTS) is 1. The molecular formula is C18H32O9. The average molecular weight is 392 g/mol. The monoisotopic (exact) mass is 392 g/mol. The number of hydrogen-bond donors (Lipinski definition) is 4. The van der Waals surface area contributed by atoms with Gasteiger partial charge in [-0.2, -0.15) is 0 Å². The summed E-state index contributed by atoms with van der Waals surface area (Å²) in [5.74, 6) is -1.81. The lowest BCUT2D eigenvalue weighted by molar-refractivity contribution is -0.139. The molecule has 27 heavy (non-hydrogen) atoms. The van der Waals surface area contributed by atoms with E-state index >= 15 is 0 Å². The van der Waals surface area contributed by atoms with E-state index in [1.165, 1.54) is 13.0 Å². The van der Waals surface area contributed by atoms with Gasteiger partial charge in [0, 0.05) is 18.2 Å². The molecule has 0 aromatic heterocycles. The van der Waals surface area contributed by atoms with Crippen molar-refractivity contribution in [1.82, 2.24) is 0 Å². The zero-order valence-corrected chi connectivity index (χ0v) is 16.0. The molecule has 0 amide bonds. The Hall–Kier alpha value is -2.49. The van der Waals surface area contributed by atoms with Crippen molar-refractivity contribution in [2.75, 3.05) is 26.4 Å². The minimum Gasteiger partial charge on any atom is -0.478 e. The molecule has 0 radical (unpaired) electrons. The summed E-state index contributed by atoms with van der Waals surface area (Å²) in [6.07, 6.45) is 4.48. The third-order valence-electron chi connectivity index (χ3n) is 1.85. The highest BCUT2D eigenvalue weighted by atomic mass is 16.5. The quantitative estimate of drug-likeness (QED) is 0.254. The zero-order valence-electron chi connectivity index (χ0n) is 16.0. The number of ether oxygens (including phenoxy) is 2. The number of aliphatic hydroxyl groups excluding tert-OH is 3. The molecule has 0 rings (SSSR count). The van der Waals surface area contributed by atoms with Crippen LogP contribution in [0, 0.1) is 0 Å². The maximum absolute atomic E-state index is 10.3. The van der Waals surface area contributed by atoms with Crippen molar-refractivity contribution in [3.63, 3.8) is 0 Å². The van der Waals surface area contributed by atoms with Crippen LogP contribution in [-0.4, -0.2) is 70.9 Å². The fourth-order valence-electron chi connectivity index (χ4n) is 0.581. The fourth-order valence-corrected chi connectivity index (χ4v) is 0.581. The first-order valence-corrected chi connectivity index (χ1v) is 8.00. The van der Waals surface area contributed by atoms with Crippen LogP contribution in [0.15, 0.2) is 38.0 Å². The highest BCUT2D eigenvalue weighted by Gasteiger charge is 1.91. The van der Waals surface area contributed by atoms with Gasteiger partial charge < -0.3 is 29.9 Å². The average Bonchev–Trinajstić information content (AvgIpc) is 2.67. The van der Waals surface area contributed by atoms with Crippen LogP contribution in [-0.2, 0) is 23.9 Å². The molecule has 1 unspecified atom stereocenters. The van der Waals surface area contributed by atoms with Crippen LogP contribution in [0.2, 0.25) is 0 Å². The molecule has 0 aromatic carbocycles. The molecule has 0 heterocycles. The molecule has 0 saturated carbocycles. The number of carboxylic acids is 1. The van der Waals surface area contributed by atoms with Gasteiger partial charge in [0.1, 0.15) is 6.61 Å². The summed E-state index contributed by atoms with van der Waals surface area (Å²) < 4.78 is 9.01. The minimum atomic E-state index is -0.981. The minimum absolute atomic E-state index is 0.0465. The Morgan fingerprint density at radius 1 is 0.963 bits per heavy atom. The Morgan fingerprint density at radius 2 is 1.33 bits per heavy atom. The van der Waals surface area contributed by atoms with Crippen molar-refractivity contribution in [3.8, 4) is 0 Å². The SMILES string of the molecule is C=CC(=O)O.C=CC(=O)OCCCC.C=CC(=O)OCCO.CC(O)CO. The number of esters is 2. The van der Waals surface area contributed by atoms with Crippen LogP contribution in [0.25, 0.3) is 0 Å². The first-order valence-electron chi connectivity index (χ1n) is 8.00. The van der Waals surface area contributed by atoms with Crippen LogP contribution in [0.1, 0.15) is 26.7 Å². The van der Waals surface area contributed by atoms with E-state index in [1.807, 2.05) is 6.92 Å². The van der Waals surface area contributed by atoms with E-state index in [0.717, 1.165) is 25.0 Å².